The number of hydrogen-bond acceptors (Lipinski definition) is 7. The van der Waals surface area contributed by atoms with E-state index in [0.29, 0.717) is 16.5 Å². The number of hydrogen-bond donors (Lipinski definition) is 1. The predicted octanol–water partition coefficient (Wildman–Crippen LogP) is 4.02. The minimum Gasteiger partial charge on any atom is -0.338 e. The fraction of sp³-hybridized carbons (Fsp3) is 0.231. The number of nitrogens with one attached hydrogen (secondary N) is 1. The molecule has 172 valence electrons. The second-order valence-corrected chi connectivity index (χ2v) is 9.40. The van der Waals surface area contributed by atoms with Crippen LogP contribution in [-0.2, 0) is 4.79 Å². The van der Waals surface area contributed by atoms with Gasteiger partial charge in [-0.2, -0.15) is 0 Å². The number of benzene rings is 2. The third kappa shape index (κ3) is 4.88. The van der Waals surface area contributed by atoms with E-state index in [2.05, 4.69) is 86.6 Å². The Balaban J connectivity index is 1.32. The highest BCUT2D eigenvalue weighted by Crippen LogP contribution is 2.30. The lowest BCUT2D eigenvalue weighted by molar-refractivity contribution is -0.115. The highest BCUT2D eigenvalue weighted by Gasteiger charge is 2.28. The van der Waals surface area contributed by atoms with Crippen LogP contribution in [0.4, 0.5) is 10.7 Å². The molecule has 8 heteroatoms. The summed E-state index contributed by atoms with van der Waals surface area (Å²) in [6, 6.07) is 21.4. The van der Waals surface area contributed by atoms with Gasteiger partial charge < -0.3 is 4.90 Å². The molecule has 2 aromatic carbocycles. The van der Waals surface area contributed by atoms with Crippen LogP contribution >= 0.6 is 11.8 Å². The zero-order valence-corrected chi connectivity index (χ0v) is 19.7. The summed E-state index contributed by atoms with van der Waals surface area (Å²) in [7, 11) is 0. The number of amides is 2. The third-order valence-corrected chi connectivity index (χ3v) is 6.87. The van der Waals surface area contributed by atoms with E-state index in [1.165, 1.54) is 16.7 Å². The Hall–Kier alpha value is -3.49. The molecule has 2 aliphatic heterocycles. The molecular weight excluding hydrogens is 446 g/mol. The van der Waals surface area contributed by atoms with Crippen LogP contribution in [0.15, 0.2) is 71.8 Å². The van der Waals surface area contributed by atoms with Gasteiger partial charge in [-0.25, -0.2) is 9.97 Å². The van der Waals surface area contributed by atoms with Gasteiger partial charge in [0.2, 0.25) is 5.95 Å². The Bertz CT molecular complexity index is 1220. The van der Waals surface area contributed by atoms with E-state index in [4.69, 9.17) is 0 Å². The largest absolute Gasteiger partial charge is 0.338 e. The number of carbonyl (C=O) groups is 2. The maximum Gasteiger partial charge on any atom is 0.290 e. The van der Waals surface area contributed by atoms with E-state index in [0.717, 1.165) is 37.9 Å². The molecule has 5 rings (SSSR count). The average molecular weight is 472 g/mol. The molecule has 3 heterocycles. The first kappa shape index (κ1) is 22.3. The van der Waals surface area contributed by atoms with Gasteiger partial charge in [0.15, 0.2) is 0 Å². The van der Waals surface area contributed by atoms with E-state index >= 15 is 0 Å². The van der Waals surface area contributed by atoms with Crippen molar-refractivity contribution in [2.75, 3.05) is 31.1 Å². The summed E-state index contributed by atoms with van der Waals surface area (Å²) in [6.07, 6.45) is 3.33. The monoisotopic (exact) mass is 471 g/mol. The molecule has 0 radical (unpaired) electrons. The second-order valence-electron chi connectivity index (χ2n) is 8.38. The lowest BCUT2D eigenvalue weighted by Crippen LogP contribution is -2.48. The SMILES string of the molecule is Cc1ccc(C(c2ccccc2)N2CCN(c3nccc(/C=C4\SC(=O)NC4=O)n3)CC2)cc1. The number of carbonyl (C=O) groups excluding carboxylic acids is 2. The third-order valence-electron chi connectivity index (χ3n) is 6.06. The van der Waals surface area contributed by atoms with Gasteiger partial charge in [0.25, 0.3) is 11.1 Å². The smallest absolute Gasteiger partial charge is 0.290 e. The van der Waals surface area contributed by atoms with Gasteiger partial charge in [-0.3, -0.25) is 19.8 Å². The highest BCUT2D eigenvalue weighted by molar-refractivity contribution is 8.18. The molecular formula is C26H25N5O2S. The summed E-state index contributed by atoms with van der Waals surface area (Å²) < 4.78 is 0. The first-order valence-electron chi connectivity index (χ1n) is 11.3. The van der Waals surface area contributed by atoms with Crippen LogP contribution in [0, 0.1) is 6.92 Å². The second kappa shape index (κ2) is 9.79. The molecule has 1 atom stereocenters. The molecule has 2 amide bonds. The fourth-order valence-electron chi connectivity index (χ4n) is 4.33. The van der Waals surface area contributed by atoms with Crippen LogP contribution in [0.5, 0.6) is 0 Å². The van der Waals surface area contributed by atoms with Crippen molar-refractivity contribution in [1.29, 1.82) is 0 Å². The number of piperazine rings is 1. The Morgan fingerprint density at radius 2 is 1.65 bits per heavy atom. The maximum atomic E-state index is 11.8. The van der Waals surface area contributed by atoms with Crippen molar-refractivity contribution in [3.63, 3.8) is 0 Å². The van der Waals surface area contributed by atoms with Crippen molar-refractivity contribution in [3.05, 3.63) is 94.1 Å². The number of aromatic nitrogens is 2. The predicted molar refractivity (Wildman–Crippen MR) is 134 cm³/mol. The lowest BCUT2D eigenvalue weighted by atomic mass is 9.95. The molecule has 1 N–H and O–H groups in total. The molecule has 34 heavy (non-hydrogen) atoms. The van der Waals surface area contributed by atoms with Crippen LogP contribution in [0.25, 0.3) is 6.08 Å². The number of rotatable bonds is 5. The van der Waals surface area contributed by atoms with Gasteiger partial charge in [0.05, 0.1) is 16.6 Å². The number of anilines is 1. The molecule has 1 aromatic heterocycles. The molecule has 0 bridgehead atoms. The van der Waals surface area contributed by atoms with Gasteiger partial charge in [-0.05, 0) is 42.0 Å². The number of thioether (sulfide) groups is 1. The van der Waals surface area contributed by atoms with Gasteiger partial charge in [0, 0.05) is 32.4 Å². The standard InChI is InChI=1S/C26H25N5O2S/c1-18-7-9-20(10-8-18)23(19-5-3-2-4-6-19)30-13-15-31(16-14-30)25-27-12-11-21(28-25)17-22-24(32)29-26(33)34-22/h2-12,17,23H,13-16H2,1H3,(H,29,32,33)/b22-17-. The van der Waals surface area contributed by atoms with Gasteiger partial charge in [-0.1, -0.05) is 60.2 Å². The van der Waals surface area contributed by atoms with Crippen molar-refractivity contribution >= 4 is 34.9 Å². The van der Waals surface area contributed by atoms with E-state index in [-0.39, 0.29) is 17.2 Å². The first-order chi connectivity index (χ1) is 16.6. The Morgan fingerprint density at radius 3 is 2.32 bits per heavy atom. The number of nitrogens with zero attached hydrogens (tertiary/aromatic N) is 4. The lowest BCUT2D eigenvalue weighted by Gasteiger charge is -2.39. The summed E-state index contributed by atoms with van der Waals surface area (Å²) in [5, 5.41) is 1.91. The van der Waals surface area contributed by atoms with Crippen molar-refractivity contribution < 1.29 is 9.59 Å². The van der Waals surface area contributed by atoms with Crippen molar-refractivity contribution in [2.45, 2.75) is 13.0 Å². The van der Waals surface area contributed by atoms with E-state index < -0.39 is 0 Å². The quantitative estimate of drug-likeness (QED) is 0.563. The van der Waals surface area contributed by atoms with Crippen molar-refractivity contribution in [3.8, 4) is 0 Å². The summed E-state index contributed by atoms with van der Waals surface area (Å²) in [6.45, 7) is 5.44. The normalized spacial score (nSPS) is 18.9. The summed E-state index contributed by atoms with van der Waals surface area (Å²) in [4.78, 5) is 37.4. The van der Waals surface area contributed by atoms with Gasteiger partial charge in [0.1, 0.15) is 0 Å². The highest BCUT2D eigenvalue weighted by atomic mass is 32.2. The topological polar surface area (TPSA) is 78.4 Å². The molecule has 3 aromatic rings. The Kier molecular flexibility index (Phi) is 6.42. The van der Waals surface area contributed by atoms with Crippen LogP contribution < -0.4 is 10.2 Å². The average Bonchev–Trinajstić information content (AvgIpc) is 3.18. The summed E-state index contributed by atoms with van der Waals surface area (Å²) in [5.74, 6) is 0.252. The molecule has 2 saturated heterocycles. The van der Waals surface area contributed by atoms with Crippen LogP contribution in [0.2, 0.25) is 0 Å². The molecule has 2 aliphatic rings. The van der Waals surface area contributed by atoms with Gasteiger partial charge in [-0.15, -0.1) is 0 Å². The molecule has 2 fully saturated rings. The van der Waals surface area contributed by atoms with E-state index in [1.807, 2.05) is 0 Å². The van der Waals surface area contributed by atoms with Crippen LogP contribution in [-0.4, -0.2) is 52.2 Å². The van der Waals surface area contributed by atoms with Gasteiger partial charge >= 0.3 is 0 Å². The first-order valence-corrected chi connectivity index (χ1v) is 12.1. The maximum absolute atomic E-state index is 11.8. The fourth-order valence-corrected chi connectivity index (χ4v) is 5.00. The Labute approximate surface area is 202 Å². The molecule has 1 unspecified atom stereocenters. The van der Waals surface area contributed by atoms with Crippen LogP contribution in [0.1, 0.15) is 28.4 Å². The molecule has 0 aliphatic carbocycles. The summed E-state index contributed by atoms with van der Waals surface area (Å²) >= 11 is 0.891. The van der Waals surface area contributed by atoms with Crippen molar-refractivity contribution in [1.82, 2.24) is 20.2 Å². The van der Waals surface area contributed by atoms with Crippen LogP contribution in [0.3, 0.4) is 0 Å². The minimum absolute atomic E-state index is 0.191. The van der Waals surface area contributed by atoms with E-state index in [1.54, 1.807) is 18.3 Å². The van der Waals surface area contributed by atoms with Crippen molar-refractivity contribution in [2.24, 2.45) is 0 Å². The Morgan fingerprint density at radius 1 is 0.941 bits per heavy atom. The number of aryl methyl sites for hydroxylation is 1. The minimum atomic E-state index is -0.383. The zero-order valence-electron chi connectivity index (χ0n) is 18.8. The zero-order chi connectivity index (χ0) is 23.5. The molecule has 0 saturated carbocycles. The molecule has 0 spiro atoms. The molecule has 7 nitrogen and oxygen atoms in total. The summed E-state index contributed by atoms with van der Waals surface area (Å²) in [5.41, 5.74) is 4.44. The number of imide groups is 1. The van der Waals surface area contributed by atoms with E-state index in [9.17, 15) is 9.59 Å².